The molecule has 0 aliphatic heterocycles. The minimum Gasteiger partial charge on any atom is -0.464 e. The van der Waals surface area contributed by atoms with Crippen molar-refractivity contribution >= 4 is 24.7 Å². The van der Waals surface area contributed by atoms with Crippen molar-refractivity contribution < 1.29 is 19.1 Å². The Morgan fingerprint density at radius 3 is 2.60 bits per heavy atom. The average molecular weight is 235 g/mol. The maximum atomic E-state index is 11.4. The number of alkyl carbamates (subject to hydrolysis) is 1. The van der Waals surface area contributed by atoms with Crippen molar-refractivity contribution in [2.45, 2.75) is 25.8 Å². The number of hydrogen-bond acceptors (Lipinski definition) is 5. The molecule has 0 bridgehead atoms. The maximum Gasteiger partial charge on any atom is 0.407 e. The van der Waals surface area contributed by atoms with Crippen LogP contribution in [0.15, 0.2) is 0 Å². The topological polar surface area (TPSA) is 64.6 Å². The van der Waals surface area contributed by atoms with E-state index in [-0.39, 0.29) is 5.75 Å². The van der Waals surface area contributed by atoms with Gasteiger partial charge in [-0.25, -0.2) is 9.59 Å². The number of nitrogens with one attached hydrogen (secondary N) is 1. The minimum absolute atomic E-state index is 0.181. The molecule has 0 rings (SSSR count). The number of unbranched alkanes of at least 4 members (excludes halogenated alkanes) is 1. The van der Waals surface area contributed by atoms with Gasteiger partial charge in [0, 0.05) is 5.75 Å². The summed E-state index contributed by atoms with van der Waals surface area (Å²) in [7, 11) is 1.23. The molecule has 0 saturated heterocycles. The lowest BCUT2D eigenvalue weighted by Crippen LogP contribution is -2.43. The third kappa shape index (κ3) is 6.22. The van der Waals surface area contributed by atoms with E-state index >= 15 is 0 Å². The number of rotatable bonds is 6. The lowest BCUT2D eigenvalue weighted by molar-refractivity contribution is -0.145. The zero-order valence-electron chi connectivity index (χ0n) is 8.99. The Balaban J connectivity index is 3.93. The first-order chi connectivity index (χ1) is 7.15. The van der Waals surface area contributed by atoms with Gasteiger partial charge in [0.15, 0.2) is 0 Å². The molecule has 6 heteroatoms. The van der Waals surface area contributed by atoms with E-state index in [1.54, 1.807) is 0 Å². The summed E-state index contributed by atoms with van der Waals surface area (Å²) in [4.78, 5) is 22.2. The number of carbonyl (C=O) groups excluding carboxylic acids is 2. The number of carbonyl (C=O) groups is 2. The predicted molar refractivity (Wildman–Crippen MR) is 59.0 cm³/mol. The fraction of sp³-hybridized carbons (Fsp3) is 0.778. The molecule has 0 aromatic carbocycles. The van der Waals surface area contributed by atoms with E-state index in [4.69, 9.17) is 4.74 Å². The van der Waals surface area contributed by atoms with Crippen LogP contribution < -0.4 is 5.32 Å². The molecular weight excluding hydrogens is 218 g/mol. The quantitative estimate of drug-likeness (QED) is 0.409. The lowest BCUT2D eigenvalue weighted by atomic mass is 10.3. The van der Waals surface area contributed by atoms with Crippen molar-refractivity contribution in [2.24, 2.45) is 0 Å². The van der Waals surface area contributed by atoms with E-state index < -0.39 is 18.1 Å². The minimum atomic E-state index is -0.752. The normalized spacial score (nSPS) is 11.7. The number of thiol groups is 1. The van der Waals surface area contributed by atoms with Crippen LogP contribution in [0.3, 0.4) is 0 Å². The molecule has 0 aliphatic carbocycles. The second-order valence-electron chi connectivity index (χ2n) is 2.89. The molecule has 1 atom stereocenters. The van der Waals surface area contributed by atoms with Gasteiger partial charge in [-0.2, -0.15) is 12.6 Å². The molecule has 0 radical (unpaired) electrons. The van der Waals surface area contributed by atoms with Crippen LogP contribution in [0.5, 0.6) is 0 Å². The molecule has 0 saturated carbocycles. The summed E-state index contributed by atoms with van der Waals surface area (Å²) < 4.78 is 9.29. The number of ether oxygens (including phenoxy) is 2. The van der Waals surface area contributed by atoms with Crippen LogP contribution in [-0.2, 0) is 14.3 Å². The van der Waals surface area contributed by atoms with Crippen molar-refractivity contribution in [1.29, 1.82) is 0 Å². The maximum absolute atomic E-state index is 11.4. The second kappa shape index (κ2) is 8.40. The van der Waals surface area contributed by atoms with E-state index in [1.807, 2.05) is 6.92 Å². The Morgan fingerprint density at radius 1 is 1.47 bits per heavy atom. The highest BCUT2D eigenvalue weighted by Crippen LogP contribution is 1.96. The van der Waals surface area contributed by atoms with Gasteiger partial charge < -0.3 is 14.8 Å². The molecule has 0 aromatic rings. The summed E-state index contributed by atoms with van der Waals surface area (Å²) in [6, 6.07) is -0.752. The fourth-order valence-electron chi connectivity index (χ4n) is 0.798. The van der Waals surface area contributed by atoms with Gasteiger partial charge in [0.05, 0.1) is 13.7 Å². The fourth-order valence-corrected chi connectivity index (χ4v) is 1.04. The van der Waals surface area contributed by atoms with Gasteiger partial charge in [-0.05, 0) is 6.42 Å². The number of methoxy groups -OCH3 is 1. The van der Waals surface area contributed by atoms with Gasteiger partial charge in [0.1, 0.15) is 6.04 Å². The number of hydrogen-bond donors (Lipinski definition) is 2. The van der Waals surface area contributed by atoms with Crippen LogP contribution in [-0.4, -0.2) is 37.6 Å². The van der Waals surface area contributed by atoms with Gasteiger partial charge in [-0.15, -0.1) is 0 Å². The number of esters is 1. The molecule has 1 N–H and O–H groups in total. The van der Waals surface area contributed by atoms with Crippen molar-refractivity contribution in [1.82, 2.24) is 5.32 Å². The van der Waals surface area contributed by atoms with E-state index in [2.05, 4.69) is 22.7 Å². The van der Waals surface area contributed by atoms with Gasteiger partial charge >= 0.3 is 12.1 Å². The van der Waals surface area contributed by atoms with Crippen LogP contribution in [0.2, 0.25) is 0 Å². The predicted octanol–water partition coefficient (Wildman–Crippen LogP) is 0.984. The standard InChI is InChI=1S/C9H17NO4S/c1-3-4-5-14-8(11)7(6-15)10-9(12)13-2/h7,15H,3-6H2,1-2H3,(H,10,12)/t7-/m1/s1. The van der Waals surface area contributed by atoms with Gasteiger partial charge in [0.25, 0.3) is 0 Å². The molecule has 0 aromatic heterocycles. The van der Waals surface area contributed by atoms with Crippen molar-refractivity contribution in [2.75, 3.05) is 19.5 Å². The van der Waals surface area contributed by atoms with Gasteiger partial charge in [-0.3, -0.25) is 0 Å². The van der Waals surface area contributed by atoms with Crippen molar-refractivity contribution in [3.8, 4) is 0 Å². The van der Waals surface area contributed by atoms with E-state index in [9.17, 15) is 9.59 Å². The highest BCUT2D eigenvalue weighted by molar-refractivity contribution is 7.80. The van der Waals surface area contributed by atoms with Crippen molar-refractivity contribution in [3.05, 3.63) is 0 Å². The molecule has 5 nitrogen and oxygen atoms in total. The summed E-state index contributed by atoms with van der Waals surface area (Å²) >= 11 is 3.94. The third-order valence-electron chi connectivity index (χ3n) is 1.69. The molecule has 0 unspecified atom stereocenters. The average Bonchev–Trinajstić information content (AvgIpc) is 2.25. The number of amides is 1. The highest BCUT2D eigenvalue weighted by Gasteiger charge is 2.20. The Bertz CT molecular complexity index is 210. The van der Waals surface area contributed by atoms with E-state index in [0.717, 1.165) is 12.8 Å². The largest absolute Gasteiger partial charge is 0.464 e. The molecule has 1 amide bonds. The summed E-state index contributed by atoms with van der Waals surface area (Å²) in [5.74, 6) is -0.302. The summed E-state index contributed by atoms with van der Waals surface area (Å²) in [5.41, 5.74) is 0. The smallest absolute Gasteiger partial charge is 0.407 e. The lowest BCUT2D eigenvalue weighted by Gasteiger charge is -2.14. The van der Waals surface area contributed by atoms with Crippen LogP contribution in [0.1, 0.15) is 19.8 Å². The Hall–Kier alpha value is -0.910. The molecular formula is C9H17NO4S. The highest BCUT2D eigenvalue weighted by atomic mass is 32.1. The van der Waals surface area contributed by atoms with Crippen LogP contribution in [0.4, 0.5) is 4.79 Å². The van der Waals surface area contributed by atoms with Gasteiger partial charge in [-0.1, -0.05) is 13.3 Å². The Labute approximate surface area is 94.9 Å². The summed E-state index contributed by atoms with van der Waals surface area (Å²) in [6.07, 6.45) is 1.09. The Morgan fingerprint density at radius 2 is 2.13 bits per heavy atom. The molecule has 15 heavy (non-hydrogen) atoms. The van der Waals surface area contributed by atoms with Crippen LogP contribution >= 0.6 is 12.6 Å². The first-order valence-corrected chi connectivity index (χ1v) is 5.40. The first-order valence-electron chi connectivity index (χ1n) is 4.77. The molecule has 0 fully saturated rings. The second-order valence-corrected chi connectivity index (χ2v) is 3.26. The monoisotopic (exact) mass is 235 g/mol. The Kier molecular flexibility index (Phi) is 7.89. The van der Waals surface area contributed by atoms with Gasteiger partial charge in [0.2, 0.25) is 0 Å². The third-order valence-corrected chi connectivity index (χ3v) is 2.05. The SMILES string of the molecule is CCCCOC(=O)[C@@H](CS)NC(=O)OC. The molecule has 88 valence electrons. The van der Waals surface area contributed by atoms with Crippen LogP contribution in [0, 0.1) is 0 Å². The zero-order valence-corrected chi connectivity index (χ0v) is 9.88. The van der Waals surface area contributed by atoms with E-state index in [0.29, 0.717) is 6.61 Å². The van der Waals surface area contributed by atoms with Crippen molar-refractivity contribution in [3.63, 3.8) is 0 Å². The molecule has 0 heterocycles. The first kappa shape index (κ1) is 14.1. The summed E-state index contributed by atoms with van der Waals surface area (Å²) in [6.45, 7) is 2.36. The molecule has 0 aliphatic rings. The summed E-state index contributed by atoms with van der Waals surface area (Å²) in [5, 5.41) is 2.33. The molecule has 0 spiro atoms. The van der Waals surface area contributed by atoms with Crippen LogP contribution in [0.25, 0.3) is 0 Å². The zero-order chi connectivity index (χ0) is 11.7. The van der Waals surface area contributed by atoms with E-state index in [1.165, 1.54) is 7.11 Å².